The number of pyridine rings is 1. The third-order valence-corrected chi connectivity index (χ3v) is 7.07. The van der Waals surface area contributed by atoms with Gasteiger partial charge in [0, 0.05) is 49.8 Å². The lowest BCUT2D eigenvalue weighted by Crippen LogP contribution is -2.44. The van der Waals surface area contributed by atoms with Crippen molar-refractivity contribution < 1.29 is 32.5 Å². The summed E-state index contributed by atoms with van der Waals surface area (Å²) in [5.74, 6) is -1.37. The predicted octanol–water partition coefficient (Wildman–Crippen LogP) is 3.92. The number of piperidine rings is 1. The monoisotopic (exact) mass is 539 g/mol. The molecule has 200 valence electrons. The van der Waals surface area contributed by atoms with Gasteiger partial charge in [-0.1, -0.05) is 25.4 Å². The first-order chi connectivity index (χ1) is 17.5. The maximum Gasteiger partial charge on any atom is 0.431 e. The smallest absolute Gasteiger partial charge is 0.431 e. The molecule has 1 aromatic carbocycles. The highest BCUT2D eigenvalue weighted by Crippen LogP contribution is 2.37. The predicted molar refractivity (Wildman–Crippen MR) is 131 cm³/mol. The van der Waals surface area contributed by atoms with Gasteiger partial charge in [-0.05, 0) is 24.3 Å². The van der Waals surface area contributed by atoms with Crippen molar-refractivity contribution in [2.45, 2.75) is 45.0 Å². The molecule has 0 radical (unpaired) electrons. The quantitative estimate of drug-likeness (QED) is 0.527. The van der Waals surface area contributed by atoms with Gasteiger partial charge >= 0.3 is 6.18 Å². The summed E-state index contributed by atoms with van der Waals surface area (Å²) in [4.78, 5) is 17.5. The number of hydrogen-bond donors (Lipinski definition) is 0. The standard InChI is InChI=1S/C25H28ClF3N4O4/c1-14-13-32(20-10-22(36-3)30-12-18(20)26)9-8-21(14)37-17-6-4-16(5-7-17)33-19(11-23(34)35)15(2)24(31-33)25(27,28)29/h4-7,10,12,14-15,19,21H,8-9,11,13H2,1-3H3,(H,34,35)/p-1/t14-,15+,19+,21-/m1/s1. The molecule has 0 aliphatic carbocycles. The van der Waals surface area contributed by atoms with Crippen molar-refractivity contribution in [3.05, 3.63) is 41.6 Å². The van der Waals surface area contributed by atoms with E-state index in [9.17, 15) is 23.1 Å². The number of nitrogens with zero attached hydrogens (tertiary/aromatic N) is 4. The second kappa shape index (κ2) is 10.6. The first-order valence-electron chi connectivity index (χ1n) is 11.8. The highest BCUT2D eigenvalue weighted by Gasteiger charge is 2.48. The Morgan fingerprint density at radius 3 is 2.54 bits per heavy atom. The van der Waals surface area contributed by atoms with E-state index < -0.39 is 36.2 Å². The second-order valence-corrected chi connectivity index (χ2v) is 9.71. The fourth-order valence-electron chi connectivity index (χ4n) is 4.81. The van der Waals surface area contributed by atoms with Crippen LogP contribution in [-0.2, 0) is 4.79 Å². The van der Waals surface area contributed by atoms with E-state index in [-0.39, 0.29) is 12.0 Å². The normalized spacial score (nSPS) is 24.1. The molecule has 0 N–H and O–H groups in total. The first kappa shape index (κ1) is 26.8. The molecule has 0 spiro atoms. The zero-order valence-electron chi connectivity index (χ0n) is 20.5. The van der Waals surface area contributed by atoms with E-state index in [0.29, 0.717) is 35.4 Å². The average Bonchev–Trinajstić information content (AvgIpc) is 3.17. The number of aliphatic carboxylic acids is 1. The van der Waals surface area contributed by atoms with Gasteiger partial charge in [-0.15, -0.1) is 0 Å². The van der Waals surface area contributed by atoms with Crippen LogP contribution < -0.4 is 24.5 Å². The van der Waals surface area contributed by atoms with Crippen LogP contribution in [0.25, 0.3) is 0 Å². The SMILES string of the molecule is COc1cc(N2CC[C@@H](Oc3ccc(N4N=C(C(F)(F)F)[C@@H](C)[C@@H]4CC(=O)[O-])cc3)[C@H](C)C2)c(Cl)cn1. The van der Waals surface area contributed by atoms with E-state index >= 15 is 0 Å². The Bertz CT molecular complexity index is 1160. The molecule has 4 rings (SSSR count). The van der Waals surface area contributed by atoms with Crippen molar-refractivity contribution in [1.82, 2.24) is 4.98 Å². The number of carbonyl (C=O) groups excluding carboxylic acids is 1. The molecule has 12 heteroatoms. The van der Waals surface area contributed by atoms with Gasteiger partial charge in [0.25, 0.3) is 0 Å². The summed E-state index contributed by atoms with van der Waals surface area (Å²) in [5.41, 5.74) is 0.174. The number of hydrazone groups is 1. The van der Waals surface area contributed by atoms with Crippen molar-refractivity contribution in [3.8, 4) is 11.6 Å². The van der Waals surface area contributed by atoms with Crippen LogP contribution in [0.1, 0.15) is 26.7 Å². The molecular formula is C25H27ClF3N4O4-. The fourth-order valence-corrected chi connectivity index (χ4v) is 5.03. The molecule has 0 saturated carbocycles. The molecule has 2 aromatic rings. The Hall–Kier alpha value is -3.21. The fraction of sp³-hybridized carbons (Fsp3) is 0.480. The molecule has 1 aromatic heterocycles. The molecule has 37 heavy (non-hydrogen) atoms. The number of carboxylic acids is 1. The van der Waals surface area contributed by atoms with Crippen LogP contribution in [0.3, 0.4) is 0 Å². The highest BCUT2D eigenvalue weighted by atomic mass is 35.5. The van der Waals surface area contributed by atoms with Gasteiger partial charge in [0.2, 0.25) is 5.88 Å². The van der Waals surface area contributed by atoms with Crippen LogP contribution in [0.4, 0.5) is 24.5 Å². The van der Waals surface area contributed by atoms with Crippen LogP contribution >= 0.6 is 11.6 Å². The number of methoxy groups -OCH3 is 1. The largest absolute Gasteiger partial charge is 0.550 e. The second-order valence-electron chi connectivity index (χ2n) is 9.30. The van der Waals surface area contributed by atoms with Crippen LogP contribution in [-0.4, -0.2) is 55.2 Å². The molecule has 4 atom stereocenters. The van der Waals surface area contributed by atoms with Crippen molar-refractivity contribution >= 4 is 34.7 Å². The van der Waals surface area contributed by atoms with Gasteiger partial charge in [0.05, 0.1) is 35.7 Å². The van der Waals surface area contributed by atoms with E-state index in [1.165, 1.54) is 6.92 Å². The summed E-state index contributed by atoms with van der Waals surface area (Å²) < 4.78 is 51.6. The van der Waals surface area contributed by atoms with E-state index in [4.69, 9.17) is 21.1 Å². The summed E-state index contributed by atoms with van der Waals surface area (Å²) in [6.45, 7) is 4.79. The number of anilines is 2. The zero-order valence-corrected chi connectivity index (χ0v) is 21.3. The van der Waals surface area contributed by atoms with E-state index in [1.54, 1.807) is 43.6 Å². The number of aromatic nitrogens is 1. The number of ether oxygens (including phenoxy) is 2. The van der Waals surface area contributed by atoms with Crippen LogP contribution in [0.15, 0.2) is 41.6 Å². The lowest BCUT2D eigenvalue weighted by molar-refractivity contribution is -0.306. The van der Waals surface area contributed by atoms with Crippen molar-refractivity contribution in [2.24, 2.45) is 16.9 Å². The third kappa shape index (κ3) is 5.87. The number of alkyl halides is 3. The molecule has 0 bridgehead atoms. The number of carboxylic acid groups (broad SMARTS) is 1. The Kier molecular flexibility index (Phi) is 7.72. The highest BCUT2D eigenvalue weighted by molar-refractivity contribution is 6.33. The average molecular weight is 540 g/mol. The molecule has 1 fully saturated rings. The molecule has 8 nitrogen and oxygen atoms in total. The minimum absolute atomic E-state index is 0.0860. The lowest BCUT2D eigenvalue weighted by atomic mass is 9.94. The molecule has 3 heterocycles. The van der Waals surface area contributed by atoms with Gasteiger partial charge in [-0.2, -0.15) is 18.3 Å². The van der Waals surface area contributed by atoms with Crippen LogP contribution in [0.2, 0.25) is 5.02 Å². The van der Waals surface area contributed by atoms with Gasteiger partial charge in [0.15, 0.2) is 0 Å². The number of benzene rings is 1. The third-order valence-electron chi connectivity index (χ3n) is 6.78. The minimum atomic E-state index is -4.65. The molecule has 1 saturated heterocycles. The number of rotatable bonds is 7. The van der Waals surface area contributed by atoms with Gasteiger partial charge < -0.3 is 24.3 Å². The van der Waals surface area contributed by atoms with Gasteiger partial charge in [-0.3, -0.25) is 5.01 Å². The van der Waals surface area contributed by atoms with Crippen molar-refractivity contribution in [3.63, 3.8) is 0 Å². The summed E-state index contributed by atoms with van der Waals surface area (Å²) in [6, 6.07) is 7.26. The summed E-state index contributed by atoms with van der Waals surface area (Å²) in [5, 5.41) is 16.6. The molecule has 2 aliphatic rings. The molecule has 0 unspecified atom stereocenters. The Balaban J connectivity index is 1.44. The molecule has 2 aliphatic heterocycles. The van der Waals surface area contributed by atoms with E-state index in [2.05, 4.69) is 21.9 Å². The number of hydrogen-bond acceptors (Lipinski definition) is 8. The maximum atomic E-state index is 13.4. The summed E-state index contributed by atoms with van der Waals surface area (Å²) >= 11 is 6.35. The Morgan fingerprint density at radius 2 is 1.95 bits per heavy atom. The van der Waals surface area contributed by atoms with E-state index in [1.807, 2.05) is 0 Å². The number of carbonyl (C=O) groups is 1. The minimum Gasteiger partial charge on any atom is -0.550 e. The summed E-state index contributed by atoms with van der Waals surface area (Å²) in [7, 11) is 1.55. The van der Waals surface area contributed by atoms with Crippen molar-refractivity contribution in [2.75, 3.05) is 30.1 Å². The van der Waals surface area contributed by atoms with Crippen molar-refractivity contribution in [1.29, 1.82) is 0 Å². The van der Waals surface area contributed by atoms with Crippen LogP contribution in [0.5, 0.6) is 11.6 Å². The Morgan fingerprint density at radius 1 is 1.24 bits per heavy atom. The lowest BCUT2D eigenvalue weighted by Gasteiger charge is -2.38. The van der Waals surface area contributed by atoms with Gasteiger partial charge in [-0.25, -0.2) is 4.98 Å². The van der Waals surface area contributed by atoms with Gasteiger partial charge in [0.1, 0.15) is 17.6 Å². The first-order valence-corrected chi connectivity index (χ1v) is 12.2. The molecular weight excluding hydrogens is 513 g/mol. The molecule has 0 amide bonds. The Labute approximate surface area is 217 Å². The topological polar surface area (TPSA) is 90.3 Å². The summed E-state index contributed by atoms with van der Waals surface area (Å²) in [6.07, 6.45) is -3.04. The zero-order chi connectivity index (χ0) is 26.9. The number of halogens is 4. The maximum absolute atomic E-state index is 13.4. The van der Waals surface area contributed by atoms with Crippen LogP contribution in [0, 0.1) is 11.8 Å². The van der Waals surface area contributed by atoms with E-state index in [0.717, 1.165) is 17.1 Å².